The summed E-state index contributed by atoms with van der Waals surface area (Å²) < 4.78 is 39.5. The van der Waals surface area contributed by atoms with E-state index in [2.05, 4.69) is 10.6 Å². The highest BCUT2D eigenvalue weighted by atomic mass is 35.5. The smallest absolute Gasteiger partial charge is 0.196 e. The number of rotatable bonds is 2. The fraction of sp³-hybridized carbons (Fsp3) is 0.0714. The van der Waals surface area contributed by atoms with Gasteiger partial charge in [0.15, 0.2) is 22.6 Å². The summed E-state index contributed by atoms with van der Waals surface area (Å²) in [6, 6.07) is 7.04. The zero-order valence-electron chi connectivity index (χ0n) is 10.8. The predicted octanol–water partition coefficient (Wildman–Crippen LogP) is 4.87. The Labute approximate surface area is 129 Å². The minimum Gasteiger partial charge on any atom is -0.332 e. The molecule has 2 aromatic rings. The highest BCUT2D eigenvalue weighted by Crippen LogP contribution is 2.24. The normalized spacial score (nSPS) is 10.3. The summed E-state index contributed by atoms with van der Waals surface area (Å²) in [4.78, 5) is 0. The van der Waals surface area contributed by atoms with Crippen molar-refractivity contribution in [2.24, 2.45) is 0 Å². The Morgan fingerprint density at radius 1 is 1.00 bits per heavy atom. The molecule has 2 rings (SSSR count). The van der Waals surface area contributed by atoms with Crippen LogP contribution >= 0.6 is 23.8 Å². The van der Waals surface area contributed by atoms with Gasteiger partial charge in [0.2, 0.25) is 0 Å². The van der Waals surface area contributed by atoms with E-state index in [9.17, 15) is 13.2 Å². The molecule has 0 fully saturated rings. The van der Waals surface area contributed by atoms with E-state index in [4.69, 9.17) is 23.8 Å². The second-order valence-corrected chi connectivity index (χ2v) is 5.03. The van der Waals surface area contributed by atoms with Crippen molar-refractivity contribution in [3.63, 3.8) is 0 Å². The molecule has 0 aliphatic carbocycles. The molecular formula is C14H10ClF3N2S. The van der Waals surface area contributed by atoms with Gasteiger partial charge in [0, 0.05) is 10.7 Å². The van der Waals surface area contributed by atoms with Crippen LogP contribution in [0.15, 0.2) is 30.3 Å². The first kappa shape index (κ1) is 15.6. The van der Waals surface area contributed by atoms with Gasteiger partial charge in [-0.3, -0.25) is 0 Å². The molecule has 0 aromatic heterocycles. The van der Waals surface area contributed by atoms with Gasteiger partial charge in [-0.05, 0) is 49.0 Å². The van der Waals surface area contributed by atoms with Gasteiger partial charge in [-0.2, -0.15) is 0 Å². The van der Waals surface area contributed by atoms with Crippen molar-refractivity contribution in [2.45, 2.75) is 6.92 Å². The average Bonchev–Trinajstić information content (AvgIpc) is 2.45. The molecule has 0 radical (unpaired) electrons. The molecule has 21 heavy (non-hydrogen) atoms. The highest BCUT2D eigenvalue weighted by molar-refractivity contribution is 7.80. The van der Waals surface area contributed by atoms with Gasteiger partial charge in [-0.1, -0.05) is 17.7 Å². The van der Waals surface area contributed by atoms with Gasteiger partial charge < -0.3 is 10.6 Å². The van der Waals surface area contributed by atoms with Gasteiger partial charge in [0.1, 0.15) is 0 Å². The molecule has 0 bridgehead atoms. The van der Waals surface area contributed by atoms with E-state index in [-0.39, 0.29) is 10.8 Å². The fourth-order valence-electron chi connectivity index (χ4n) is 1.64. The first-order valence-corrected chi connectivity index (χ1v) is 6.65. The number of benzene rings is 2. The predicted molar refractivity (Wildman–Crippen MR) is 82.3 cm³/mol. The lowest BCUT2D eigenvalue weighted by Crippen LogP contribution is -2.20. The minimum absolute atomic E-state index is 0.0327. The summed E-state index contributed by atoms with van der Waals surface area (Å²) >= 11 is 11.0. The molecule has 0 aliphatic heterocycles. The van der Waals surface area contributed by atoms with Crippen LogP contribution in [-0.4, -0.2) is 5.11 Å². The van der Waals surface area contributed by atoms with E-state index in [1.165, 1.54) is 0 Å². The van der Waals surface area contributed by atoms with Crippen molar-refractivity contribution in [3.8, 4) is 0 Å². The van der Waals surface area contributed by atoms with Gasteiger partial charge in [0.25, 0.3) is 0 Å². The number of thiocarbonyl (C=S) groups is 1. The maximum absolute atomic E-state index is 13.5. The molecule has 0 spiro atoms. The Morgan fingerprint density at radius 2 is 1.67 bits per heavy atom. The number of halogens is 4. The number of hydrogen-bond acceptors (Lipinski definition) is 1. The molecule has 110 valence electrons. The summed E-state index contributed by atoms with van der Waals surface area (Å²) in [5, 5.41) is 5.86. The van der Waals surface area contributed by atoms with Crippen LogP contribution in [0.1, 0.15) is 5.56 Å². The van der Waals surface area contributed by atoms with Crippen molar-refractivity contribution in [3.05, 3.63) is 58.4 Å². The maximum atomic E-state index is 13.5. The second-order valence-electron chi connectivity index (χ2n) is 4.21. The highest BCUT2D eigenvalue weighted by Gasteiger charge is 2.14. The summed E-state index contributed by atoms with van der Waals surface area (Å²) in [5.41, 5.74) is 1.13. The van der Waals surface area contributed by atoms with Crippen LogP contribution < -0.4 is 10.6 Å². The van der Waals surface area contributed by atoms with Crippen LogP contribution in [0.25, 0.3) is 0 Å². The summed E-state index contributed by atoms with van der Waals surface area (Å²) in [7, 11) is 0. The molecule has 7 heteroatoms. The molecule has 0 saturated heterocycles. The molecule has 0 amide bonds. The zero-order valence-corrected chi connectivity index (χ0v) is 12.4. The first-order chi connectivity index (χ1) is 9.90. The van der Waals surface area contributed by atoms with Gasteiger partial charge in [-0.25, -0.2) is 13.2 Å². The fourth-order valence-corrected chi connectivity index (χ4v) is 2.04. The third kappa shape index (κ3) is 3.46. The van der Waals surface area contributed by atoms with E-state index in [1.54, 1.807) is 25.1 Å². The lowest BCUT2D eigenvalue weighted by Gasteiger charge is -2.14. The molecule has 0 aliphatic rings. The molecular weight excluding hydrogens is 321 g/mol. The van der Waals surface area contributed by atoms with Crippen molar-refractivity contribution in [1.29, 1.82) is 0 Å². The molecule has 2 nitrogen and oxygen atoms in total. The van der Waals surface area contributed by atoms with Crippen LogP contribution in [0, 0.1) is 24.4 Å². The second kappa shape index (κ2) is 6.32. The first-order valence-electron chi connectivity index (χ1n) is 5.86. The number of hydrogen-bond donors (Lipinski definition) is 2. The average molecular weight is 331 g/mol. The van der Waals surface area contributed by atoms with Crippen molar-refractivity contribution < 1.29 is 13.2 Å². The summed E-state index contributed by atoms with van der Waals surface area (Å²) in [6.07, 6.45) is 0. The Bertz CT molecular complexity index is 707. The van der Waals surface area contributed by atoms with Crippen molar-refractivity contribution in [2.75, 3.05) is 10.6 Å². The van der Waals surface area contributed by atoms with Crippen molar-refractivity contribution in [1.82, 2.24) is 0 Å². The molecule has 0 saturated carbocycles. The van der Waals surface area contributed by atoms with Crippen LogP contribution in [-0.2, 0) is 0 Å². The van der Waals surface area contributed by atoms with E-state index in [0.29, 0.717) is 10.7 Å². The standard InChI is InChI=1S/C14H10ClF3N2S/c1-7-8(15)3-2-4-10(7)19-14(21)20-11-6-5-9(16)12(17)13(11)18/h2-6H,1H3,(H2,19,20,21). The van der Waals surface area contributed by atoms with Crippen LogP contribution in [0.3, 0.4) is 0 Å². The number of anilines is 2. The molecule has 0 heterocycles. The topological polar surface area (TPSA) is 24.1 Å². The van der Waals surface area contributed by atoms with Crippen molar-refractivity contribution >= 4 is 40.3 Å². The lowest BCUT2D eigenvalue weighted by atomic mass is 10.2. The third-order valence-electron chi connectivity index (χ3n) is 2.80. The minimum atomic E-state index is -1.55. The Hall–Kier alpha value is -1.79. The quantitative estimate of drug-likeness (QED) is 0.606. The Kier molecular flexibility index (Phi) is 4.69. The van der Waals surface area contributed by atoms with E-state index in [0.717, 1.165) is 17.7 Å². The van der Waals surface area contributed by atoms with E-state index >= 15 is 0 Å². The van der Waals surface area contributed by atoms with Crippen LogP contribution in [0.4, 0.5) is 24.5 Å². The molecule has 0 atom stereocenters. The van der Waals surface area contributed by atoms with Gasteiger partial charge in [0.05, 0.1) is 5.69 Å². The van der Waals surface area contributed by atoms with E-state index < -0.39 is 17.5 Å². The zero-order chi connectivity index (χ0) is 15.6. The maximum Gasteiger partial charge on any atom is 0.196 e. The molecule has 2 N–H and O–H groups in total. The molecule has 0 unspecified atom stereocenters. The lowest BCUT2D eigenvalue weighted by molar-refractivity contribution is 0.449. The largest absolute Gasteiger partial charge is 0.332 e. The summed E-state index contributed by atoms with van der Waals surface area (Å²) in [5.74, 6) is -4.15. The van der Waals surface area contributed by atoms with E-state index in [1.807, 2.05) is 0 Å². The summed E-state index contributed by atoms with van der Waals surface area (Å²) in [6.45, 7) is 1.78. The third-order valence-corrected chi connectivity index (χ3v) is 3.41. The molecule has 2 aromatic carbocycles. The number of nitrogens with one attached hydrogen (secondary N) is 2. The SMILES string of the molecule is Cc1c(Cl)cccc1NC(=S)Nc1ccc(F)c(F)c1F. The van der Waals surface area contributed by atoms with Crippen LogP contribution in [0.5, 0.6) is 0 Å². The van der Waals surface area contributed by atoms with Crippen LogP contribution in [0.2, 0.25) is 5.02 Å². The van der Waals surface area contributed by atoms with Gasteiger partial charge >= 0.3 is 0 Å². The Balaban J connectivity index is 2.16. The Morgan fingerprint density at radius 3 is 2.38 bits per heavy atom. The monoisotopic (exact) mass is 330 g/mol. The van der Waals surface area contributed by atoms with Gasteiger partial charge in [-0.15, -0.1) is 0 Å².